The third-order valence-electron chi connectivity index (χ3n) is 16.5. The highest BCUT2D eigenvalue weighted by Gasteiger charge is 2.53. The number of aromatic nitrogens is 12. The number of rotatable bonds is 18. The molecule has 5 fully saturated rings. The lowest BCUT2D eigenvalue weighted by molar-refractivity contribution is -0.116. The zero-order valence-corrected chi connectivity index (χ0v) is 56.9. The van der Waals surface area contributed by atoms with Gasteiger partial charge in [-0.15, -0.1) is 0 Å². The number of fused-ring (bicyclic) bond motifs is 4. The van der Waals surface area contributed by atoms with Crippen LogP contribution >= 0.6 is 0 Å². The minimum Gasteiger partial charge on any atom is -0.394 e. The van der Waals surface area contributed by atoms with Gasteiger partial charge >= 0.3 is 27.4 Å². The molecule has 0 spiro atoms. The molecule has 0 aliphatic carbocycles. The molecular weight excluding hydrogens is 1220 g/mol. The van der Waals surface area contributed by atoms with Crippen LogP contribution in [0.15, 0.2) is 19.0 Å². The summed E-state index contributed by atoms with van der Waals surface area (Å²) in [6, 6.07) is 0. The molecule has 9 atom stereocenters. The summed E-state index contributed by atoms with van der Waals surface area (Å²) in [6.45, 7) is 28.6. The molecule has 0 radical (unpaired) electrons. The summed E-state index contributed by atoms with van der Waals surface area (Å²) in [5.74, 6) is 1.14. The number of anilines is 3. The van der Waals surface area contributed by atoms with Gasteiger partial charge in [0.2, 0.25) is 0 Å². The number of nitrogen functional groups attached to an aromatic ring is 3. The van der Waals surface area contributed by atoms with E-state index in [1.54, 1.807) is 4.68 Å². The first-order valence-corrected chi connectivity index (χ1v) is 36.6. The lowest BCUT2D eigenvalue weighted by Gasteiger charge is -2.41. The predicted molar refractivity (Wildman–Crippen MR) is 339 cm³/mol. The van der Waals surface area contributed by atoms with Gasteiger partial charge in [0.1, 0.15) is 62.2 Å². The number of nitrogens with two attached hydrogens (primary N) is 3. The maximum Gasteiger partial charge on any atom is 0.345 e. The van der Waals surface area contributed by atoms with Crippen LogP contribution in [0.4, 0.5) is 17.5 Å². The van der Waals surface area contributed by atoms with E-state index in [0.29, 0.717) is 88.8 Å². The van der Waals surface area contributed by atoms with Gasteiger partial charge in [0, 0.05) is 39.0 Å². The number of nitrogens with zero attached hydrogens (tertiary/aromatic N) is 12. The van der Waals surface area contributed by atoms with Gasteiger partial charge in [-0.05, 0) is 54.3 Å². The van der Waals surface area contributed by atoms with Crippen molar-refractivity contribution in [3.63, 3.8) is 0 Å². The molecule has 31 nitrogen and oxygen atoms in total. The quantitative estimate of drug-likeness (QED) is 0.0294. The molecule has 11 N–H and O–H groups in total. The topological polar surface area (TPSA) is 419 Å². The fourth-order valence-corrected chi connectivity index (χ4v) is 19.5. The van der Waals surface area contributed by atoms with Crippen molar-refractivity contribution in [2.75, 3.05) is 63.8 Å². The van der Waals surface area contributed by atoms with Crippen LogP contribution in [0.2, 0.25) is 22.2 Å². The van der Waals surface area contributed by atoms with Crippen molar-refractivity contribution in [3.05, 3.63) is 36.1 Å². The molecular formula is C56H96N16O15SSi2. The Kier molecular flexibility index (Phi) is 25.8. The zero-order chi connectivity index (χ0) is 65.8. The van der Waals surface area contributed by atoms with E-state index in [9.17, 15) is 23.7 Å². The molecule has 6 aromatic rings. The van der Waals surface area contributed by atoms with Crippen molar-refractivity contribution in [1.82, 2.24) is 64.0 Å². The number of nitrogens with one attached hydrogen (secondary N) is 1. The summed E-state index contributed by atoms with van der Waals surface area (Å²) >= 11 is 0. The summed E-state index contributed by atoms with van der Waals surface area (Å²) in [5, 5.41) is 45.6. The van der Waals surface area contributed by atoms with E-state index in [2.05, 4.69) is 67.8 Å². The van der Waals surface area contributed by atoms with Gasteiger partial charge in [0.05, 0.1) is 70.9 Å². The average Bonchev–Trinajstić information content (AvgIpc) is 1.62. The summed E-state index contributed by atoms with van der Waals surface area (Å²) in [4.78, 5) is 25.2. The van der Waals surface area contributed by atoms with E-state index >= 15 is 0 Å². The van der Waals surface area contributed by atoms with Gasteiger partial charge in [0.15, 0.2) is 35.6 Å². The first kappa shape index (κ1) is 72.3. The highest BCUT2D eigenvalue weighted by molar-refractivity contribution is 7.83. The van der Waals surface area contributed by atoms with Crippen LogP contribution in [0.1, 0.15) is 158 Å². The van der Waals surface area contributed by atoms with Gasteiger partial charge in [-0.2, -0.15) is 28.4 Å². The minimum absolute atomic E-state index is 0.104. The Hall–Kier alpha value is -5.13. The second-order valence-electron chi connectivity index (χ2n) is 23.4. The van der Waals surface area contributed by atoms with E-state index in [-0.39, 0.29) is 55.9 Å². The molecule has 11 rings (SSSR count). The van der Waals surface area contributed by atoms with E-state index < -0.39 is 71.1 Å². The Morgan fingerprint density at radius 2 is 1.12 bits per heavy atom. The van der Waals surface area contributed by atoms with Crippen molar-refractivity contribution >= 4 is 78.0 Å². The highest BCUT2D eigenvalue weighted by atomic mass is 32.2. The van der Waals surface area contributed by atoms with Crippen LogP contribution in [0.5, 0.6) is 0 Å². The number of aliphatic hydroxyl groups is 3. The Bertz CT molecular complexity index is 3330. The van der Waals surface area contributed by atoms with Crippen molar-refractivity contribution in [1.29, 1.82) is 0 Å². The highest BCUT2D eigenvalue weighted by Crippen LogP contribution is 2.44. The number of hydrogen-bond donors (Lipinski definition) is 8. The number of aryl methyl sites for hydroxylation is 3. The molecule has 11 heterocycles. The van der Waals surface area contributed by atoms with Crippen molar-refractivity contribution < 1.29 is 69.7 Å². The third-order valence-corrected chi connectivity index (χ3v) is 25.9. The molecule has 0 amide bonds. The maximum absolute atomic E-state index is 10.8. The molecule has 34 heteroatoms. The fourth-order valence-electron chi connectivity index (χ4n) is 12.0. The average molecular weight is 1320 g/mol. The monoisotopic (exact) mass is 1320 g/mol. The molecule has 0 saturated carbocycles. The maximum atomic E-state index is 10.8. The number of aliphatic hydroxyl groups excluding tert-OH is 3. The van der Waals surface area contributed by atoms with Crippen LogP contribution in [-0.2, 0) is 71.0 Å². The van der Waals surface area contributed by atoms with Crippen LogP contribution in [0, 0.1) is 0 Å². The predicted octanol–water partition coefficient (Wildman–Crippen LogP) is 5.61. The van der Waals surface area contributed by atoms with Crippen LogP contribution in [0.3, 0.4) is 0 Å². The summed E-state index contributed by atoms with van der Waals surface area (Å²) in [5.41, 5.74) is 23.0. The summed E-state index contributed by atoms with van der Waals surface area (Å²) in [6.07, 6.45) is 5.76. The Balaban J connectivity index is 0.000000183. The molecule has 0 aromatic carbocycles. The first-order valence-electron chi connectivity index (χ1n) is 31.3. The van der Waals surface area contributed by atoms with Gasteiger partial charge in [-0.25, -0.2) is 43.9 Å². The third kappa shape index (κ3) is 16.1. The van der Waals surface area contributed by atoms with E-state index in [4.69, 9.17) is 68.2 Å². The number of ether oxygens (including phenoxy) is 5. The zero-order valence-electron chi connectivity index (χ0n) is 54.1. The SMILES string of the molecule is C1CCOC1.CC.CCc1nn([C@H]2C[C@@H]3O[Si](C(C)C)(C(C)C)OCOC[C@@H]3O2)c2ncnc(N)c12.CCc1nn([C@H]2C[C@H](O)[C@H](CNS(=O)(=O)O)O2)c2ncnc(N)c12.CCc1nn([C@H]2C[C@H](O[Si](OCO)(C(C)C)C(C)C)[C@H](CO)O2)c2ncnc(N)c12. The molecule has 504 valence electrons. The van der Waals surface area contributed by atoms with Crippen LogP contribution < -0.4 is 21.9 Å². The molecule has 5 aliphatic heterocycles. The second-order valence-corrected chi connectivity index (χ2v) is 33.2. The van der Waals surface area contributed by atoms with Crippen LogP contribution in [-0.4, -0.2) is 188 Å². The minimum atomic E-state index is -4.36. The van der Waals surface area contributed by atoms with Gasteiger partial charge in [0.25, 0.3) is 0 Å². The van der Waals surface area contributed by atoms with E-state index in [1.807, 2.05) is 71.7 Å². The standard InChI is InChI=1S/C19H33N5O5Si.C19H31N5O4Si.C12H18N6O5S.C4H8O.C2H6/c1-6-13-17-18(20)21-9-22-19(17)24(23-13)16-7-14(15(8-25)28-16)29-30(11(2)3,12(4)5)27-10-26;1-6-13-17-18(20)21-9-22-19(17)24(23-13)16-7-14-15(27-16)8-25-10-26-29(28-14,11(2)3)12(4)5;1-2-6-10-11(13)14-5-15-12(10)18(17-6)9-3-7(19)8(23-9)4-16-24(20,21)22;1-2-4-5-3-1;1-2/h9,11-12,14-16,25-26H,6-8,10H2,1-5H3,(H2,20,21,22);9,11-12,14-16H,6-8,10H2,1-5H3,(H2,20,21,22);5,7-9,16,19H,2-4H2,1H3,(H2,13,14,15)(H,20,21,22);1-4H2;1-2H3/t2*14-,15-,16+;7-,8-,9+;;/m000../s1. The second kappa shape index (κ2) is 32.1. The van der Waals surface area contributed by atoms with Crippen molar-refractivity contribution in [3.8, 4) is 0 Å². The Labute approximate surface area is 528 Å². The van der Waals surface area contributed by atoms with E-state index in [1.165, 1.54) is 36.5 Å². The summed E-state index contributed by atoms with van der Waals surface area (Å²) < 4.78 is 91.5. The normalized spacial score (nSPS) is 24.3. The van der Waals surface area contributed by atoms with Gasteiger partial charge in [-0.3, -0.25) is 4.55 Å². The Morgan fingerprint density at radius 3 is 1.52 bits per heavy atom. The molecule has 0 bridgehead atoms. The smallest absolute Gasteiger partial charge is 0.345 e. The lowest BCUT2D eigenvalue weighted by Crippen LogP contribution is -2.54. The molecule has 0 unspecified atom stereocenters. The fraction of sp³-hybridized carbons (Fsp3) is 0.732. The van der Waals surface area contributed by atoms with Crippen LogP contribution in [0.25, 0.3) is 33.1 Å². The van der Waals surface area contributed by atoms with Crippen molar-refractivity contribution in [2.24, 2.45) is 0 Å². The van der Waals surface area contributed by atoms with Gasteiger partial charge < -0.3 is 73.9 Å². The molecule has 5 aliphatic rings. The van der Waals surface area contributed by atoms with Gasteiger partial charge in [-0.1, -0.05) is 90.0 Å². The summed E-state index contributed by atoms with van der Waals surface area (Å²) in [7, 11) is -9.62. The molecule has 6 aromatic heterocycles. The van der Waals surface area contributed by atoms with E-state index in [0.717, 1.165) is 41.8 Å². The Morgan fingerprint density at radius 1 is 0.667 bits per heavy atom. The molecule has 5 saturated heterocycles. The van der Waals surface area contributed by atoms with Crippen molar-refractivity contribution in [2.45, 2.75) is 219 Å². The number of hydrogen-bond acceptors (Lipinski definition) is 26. The molecule has 90 heavy (non-hydrogen) atoms. The first-order chi connectivity index (χ1) is 43.0. The largest absolute Gasteiger partial charge is 0.394 e. The lowest BCUT2D eigenvalue weighted by atomic mass is 10.2.